The van der Waals surface area contributed by atoms with E-state index in [2.05, 4.69) is 22.6 Å². The van der Waals surface area contributed by atoms with Crippen molar-refractivity contribution in [3.05, 3.63) is 22.3 Å². The Labute approximate surface area is 231 Å². The van der Waals surface area contributed by atoms with Crippen molar-refractivity contribution in [2.75, 3.05) is 6.61 Å². The van der Waals surface area contributed by atoms with Gasteiger partial charge in [0.05, 0.1) is 28.6 Å². The summed E-state index contributed by atoms with van der Waals surface area (Å²) in [6, 6.07) is 1.85. The van der Waals surface area contributed by atoms with Gasteiger partial charge in [-0.15, -0.1) is 0 Å². The Bertz CT molecular complexity index is 1170. The van der Waals surface area contributed by atoms with E-state index in [4.69, 9.17) is 18.9 Å². The topological polar surface area (TPSA) is 128 Å². The second kappa shape index (κ2) is 9.28. The summed E-state index contributed by atoms with van der Waals surface area (Å²) >= 11 is 6.16. The van der Waals surface area contributed by atoms with Crippen LogP contribution in [0, 0.1) is 16.6 Å². The Kier molecular flexibility index (Phi) is 7.33. The molecule has 2 bridgehead atoms. The molecule has 2 fully saturated rings. The lowest BCUT2D eigenvalue weighted by Gasteiger charge is -2.40. The fourth-order valence-electron chi connectivity index (χ4n) is 4.05. The largest absolute Gasteiger partial charge is 0.743 e. The molecule has 3 heterocycles. The van der Waals surface area contributed by atoms with Crippen molar-refractivity contribution in [2.24, 2.45) is 5.92 Å². The number of carbonyl (C=O) groups is 2. The van der Waals surface area contributed by atoms with E-state index in [0.29, 0.717) is 18.5 Å². The molecular weight excluding hydrogens is 830 g/mol. The molecule has 0 radical (unpaired) electrons. The van der Waals surface area contributed by atoms with Gasteiger partial charge < -0.3 is 23.5 Å². The van der Waals surface area contributed by atoms with Gasteiger partial charge >= 0.3 is 17.2 Å². The number of halogens is 6. The average molecular weight is 843 g/mol. The normalized spacial score (nSPS) is 28.9. The van der Waals surface area contributed by atoms with Crippen LogP contribution in [-0.4, -0.2) is 60.9 Å². The van der Waals surface area contributed by atoms with Gasteiger partial charge in [0.1, 0.15) is 11.7 Å². The molecule has 5 atom stereocenters. The first-order valence-electron chi connectivity index (χ1n) is 9.57. The molecule has 4 rings (SSSR count). The lowest BCUT2D eigenvalue weighted by molar-refractivity contribution is -0.186. The first-order chi connectivity index (χ1) is 15.7. The van der Waals surface area contributed by atoms with E-state index < -0.39 is 70.4 Å². The number of hydrogen-bond acceptors (Lipinski definition) is 9. The monoisotopic (exact) mass is 843 g/mol. The zero-order chi connectivity index (χ0) is 25.2. The van der Waals surface area contributed by atoms with Crippen molar-refractivity contribution in [1.82, 2.24) is 0 Å². The number of carbonyl (C=O) groups excluding carboxylic acids is 2. The van der Waals surface area contributed by atoms with Crippen LogP contribution in [-0.2, 0) is 29.1 Å². The van der Waals surface area contributed by atoms with Crippen molar-refractivity contribution >= 4 is 89.8 Å². The van der Waals surface area contributed by atoms with Crippen LogP contribution < -0.4 is 4.74 Å². The van der Waals surface area contributed by atoms with E-state index in [1.54, 1.807) is 0 Å². The molecule has 1 aromatic carbocycles. The van der Waals surface area contributed by atoms with E-state index in [1.807, 2.05) is 51.2 Å². The number of benzene rings is 1. The van der Waals surface area contributed by atoms with Gasteiger partial charge in [-0.3, -0.25) is 4.79 Å². The van der Waals surface area contributed by atoms with E-state index in [-0.39, 0.29) is 12.8 Å². The maximum atomic E-state index is 13.5. The van der Waals surface area contributed by atoms with Gasteiger partial charge in [-0.2, -0.15) is 8.78 Å². The Hall–Kier alpha value is -0.190. The van der Waals surface area contributed by atoms with Crippen LogP contribution in [0.5, 0.6) is 5.75 Å². The Morgan fingerprint density at radius 2 is 1.97 bits per heavy atom. The molecule has 3 aliphatic rings. The molecule has 1 aromatic rings. The fraction of sp³-hybridized carbons (Fsp3) is 0.556. The minimum Gasteiger partial charge on any atom is -0.743 e. The molecule has 3 aliphatic heterocycles. The predicted molar refractivity (Wildman–Crippen MR) is 130 cm³/mol. The summed E-state index contributed by atoms with van der Waals surface area (Å²) in [5.41, 5.74) is 0.305. The molecule has 2 saturated heterocycles. The standard InChI is InChI=1S/C18H14F3I3O9S/c19-10(18(20,21)34(27,28)29)1-2-30-15(25)6-3-11-17(5-9(6)31-11)32-14-8(23)4-7(22)13(24)12(14)16(26)33-17/h4,6,9-11H,1-3,5H2,(H,27,28,29)/p-1. The lowest BCUT2D eigenvalue weighted by Crippen LogP contribution is -2.54. The van der Waals surface area contributed by atoms with Gasteiger partial charge in [0.25, 0.3) is 5.79 Å². The smallest absolute Gasteiger partial charge is 0.364 e. The molecule has 188 valence electrons. The highest BCUT2D eigenvalue weighted by molar-refractivity contribution is 14.1. The van der Waals surface area contributed by atoms with Crippen LogP contribution in [0.25, 0.3) is 0 Å². The summed E-state index contributed by atoms with van der Waals surface area (Å²) in [7, 11) is -6.20. The third kappa shape index (κ3) is 4.51. The minimum atomic E-state index is -6.20. The molecule has 0 saturated carbocycles. The lowest BCUT2D eigenvalue weighted by atomic mass is 9.84. The van der Waals surface area contributed by atoms with Crippen molar-refractivity contribution in [3.63, 3.8) is 0 Å². The van der Waals surface area contributed by atoms with Crippen LogP contribution in [0.1, 0.15) is 29.6 Å². The Morgan fingerprint density at radius 1 is 1.29 bits per heavy atom. The molecule has 34 heavy (non-hydrogen) atoms. The third-order valence-electron chi connectivity index (χ3n) is 5.72. The highest BCUT2D eigenvalue weighted by Crippen LogP contribution is 2.52. The predicted octanol–water partition coefficient (Wildman–Crippen LogP) is 3.33. The number of ether oxygens (including phenoxy) is 4. The highest BCUT2D eigenvalue weighted by Gasteiger charge is 2.65. The van der Waals surface area contributed by atoms with Crippen LogP contribution in [0.3, 0.4) is 0 Å². The van der Waals surface area contributed by atoms with Gasteiger partial charge in [0.15, 0.2) is 22.0 Å². The van der Waals surface area contributed by atoms with Crippen LogP contribution in [0.15, 0.2) is 6.07 Å². The average Bonchev–Trinajstić information content (AvgIpc) is 3.28. The molecule has 9 nitrogen and oxygen atoms in total. The van der Waals surface area contributed by atoms with Gasteiger partial charge in [0, 0.05) is 13.6 Å². The van der Waals surface area contributed by atoms with Crippen LogP contribution >= 0.6 is 67.8 Å². The number of hydrogen-bond donors (Lipinski definition) is 0. The van der Waals surface area contributed by atoms with E-state index in [1.165, 1.54) is 0 Å². The highest BCUT2D eigenvalue weighted by atomic mass is 127. The van der Waals surface area contributed by atoms with E-state index >= 15 is 0 Å². The van der Waals surface area contributed by atoms with E-state index in [0.717, 1.165) is 3.57 Å². The summed E-state index contributed by atoms with van der Waals surface area (Å²) < 4.78 is 95.9. The summed E-state index contributed by atoms with van der Waals surface area (Å²) in [6.07, 6.45) is -6.03. The van der Waals surface area contributed by atoms with Crippen molar-refractivity contribution in [3.8, 4) is 5.75 Å². The zero-order valence-corrected chi connectivity index (χ0v) is 23.9. The van der Waals surface area contributed by atoms with Gasteiger partial charge in [-0.05, 0) is 80.3 Å². The first-order valence-corrected chi connectivity index (χ1v) is 14.2. The summed E-state index contributed by atoms with van der Waals surface area (Å²) in [4.78, 5) is 25.2. The Balaban J connectivity index is 1.39. The maximum absolute atomic E-state index is 13.5. The van der Waals surface area contributed by atoms with Crippen molar-refractivity contribution in [1.29, 1.82) is 0 Å². The van der Waals surface area contributed by atoms with Gasteiger partial charge in [-0.1, -0.05) is 0 Å². The van der Waals surface area contributed by atoms with Crippen LogP contribution in [0.2, 0.25) is 0 Å². The molecule has 1 spiro atoms. The number of rotatable bonds is 6. The van der Waals surface area contributed by atoms with Crippen molar-refractivity contribution in [2.45, 2.75) is 48.7 Å². The molecule has 0 aromatic heterocycles. The van der Waals surface area contributed by atoms with E-state index in [9.17, 15) is 35.7 Å². The van der Waals surface area contributed by atoms with Gasteiger partial charge in [0.2, 0.25) is 0 Å². The van der Waals surface area contributed by atoms with Gasteiger partial charge in [-0.25, -0.2) is 17.6 Å². The fourth-order valence-corrected chi connectivity index (χ4v) is 6.97. The second-order valence-electron chi connectivity index (χ2n) is 7.81. The Morgan fingerprint density at radius 3 is 2.56 bits per heavy atom. The quantitative estimate of drug-likeness (QED) is 0.184. The molecule has 16 heteroatoms. The number of esters is 2. The second-order valence-corrected chi connectivity index (χ2v) is 12.7. The van der Waals surface area contributed by atoms with Crippen molar-refractivity contribution < 1.29 is 54.7 Å². The minimum absolute atomic E-state index is 0.0134. The number of alkyl halides is 3. The molecule has 0 amide bonds. The molecule has 0 aliphatic carbocycles. The summed E-state index contributed by atoms with van der Waals surface area (Å²) in [6.45, 7) is -0.863. The number of fused-ring (bicyclic) bond motifs is 4. The SMILES string of the molecule is O=C1OC2(CC3OC2CC3C(=O)OCCC(F)C(F)(F)S(=O)(=O)[O-])Oc2c(I)cc(I)c(I)c21. The zero-order valence-electron chi connectivity index (χ0n) is 16.6. The first kappa shape index (κ1) is 26.9. The van der Waals surface area contributed by atoms with Crippen LogP contribution in [0.4, 0.5) is 13.2 Å². The maximum Gasteiger partial charge on any atom is 0.364 e. The molecule has 0 N–H and O–H groups in total. The molecule has 5 unspecified atom stereocenters. The summed E-state index contributed by atoms with van der Waals surface area (Å²) in [5.74, 6) is -3.38. The summed E-state index contributed by atoms with van der Waals surface area (Å²) in [5, 5.41) is -5.13. The molecular formula is C18H13F3I3O9S-. The third-order valence-corrected chi connectivity index (χ3v) is 10.4.